The number of carbonyl (C=O) groups is 4. The number of esters is 3. The Kier molecular flexibility index (Phi) is 4.33. The maximum atomic E-state index is 12.4. The van der Waals surface area contributed by atoms with Gasteiger partial charge in [-0.15, -0.1) is 0 Å². The molecule has 1 N–H and O–H groups in total. The average Bonchev–Trinajstić information content (AvgIpc) is 3.28. The van der Waals surface area contributed by atoms with Crippen LogP contribution in [-0.2, 0) is 28.6 Å². The molecule has 8 nitrogen and oxygen atoms in total. The molecule has 1 aliphatic heterocycles. The molecule has 0 radical (unpaired) electrons. The zero-order chi connectivity index (χ0) is 19.1. The summed E-state index contributed by atoms with van der Waals surface area (Å²) in [5.41, 5.74) is 0.825. The smallest absolute Gasteiger partial charge is 0.337 e. The summed E-state index contributed by atoms with van der Waals surface area (Å²) in [5, 5.41) is 2.59. The SMILES string of the molecule is COC(=O)c1ccc(NC(=O)COC(=O)[C@H]2[C@@H]3C[C@@H]4[C@@H]2C(=O)O[C@@H]4C3)cc1. The molecule has 27 heavy (non-hydrogen) atoms. The van der Waals surface area contributed by atoms with Gasteiger partial charge in [0.05, 0.1) is 24.5 Å². The first-order valence-electron chi connectivity index (χ1n) is 8.83. The third kappa shape index (κ3) is 3.05. The van der Waals surface area contributed by atoms with Crippen LogP contribution < -0.4 is 5.32 Å². The van der Waals surface area contributed by atoms with Crippen molar-refractivity contribution in [2.75, 3.05) is 19.0 Å². The Morgan fingerprint density at radius 2 is 1.93 bits per heavy atom. The third-order valence-corrected chi connectivity index (χ3v) is 5.69. The number of nitrogens with one attached hydrogen (secondary N) is 1. The molecule has 2 bridgehead atoms. The molecule has 3 aliphatic rings. The molecule has 5 atom stereocenters. The predicted molar refractivity (Wildman–Crippen MR) is 90.4 cm³/mol. The molecule has 4 rings (SSSR count). The van der Waals surface area contributed by atoms with E-state index < -0.39 is 36.3 Å². The quantitative estimate of drug-likeness (QED) is 0.609. The molecule has 0 spiro atoms. The number of hydrogen-bond acceptors (Lipinski definition) is 7. The maximum Gasteiger partial charge on any atom is 0.337 e. The van der Waals surface area contributed by atoms with Gasteiger partial charge < -0.3 is 19.5 Å². The van der Waals surface area contributed by atoms with Crippen LogP contribution in [0, 0.1) is 23.7 Å². The summed E-state index contributed by atoms with van der Waals surface area (Å²) in [4.78, 5) is 47.8. The van der Waals surface area contributed by atoms with Gasteiger partial charge >= 0.3 is 17.9 Å². The number of fused-ring (bicyclic) bond motifs is 1. The molecule has 0 unspecified atom stereocenters. The fraction of sp³-hybridized carbons (Fsp3) is 0.474. The fourth-order valence-corrected chi connectivity index (χ4v) is 4.56. The van der Waals surface area contributed by atoms with Gasteiger partial charge in [0.15, 0.2) is 6.61 Å². The lowest BCUT2D eigenvalue weighted by atomic mass is 9.80. The molecule has 142 valence electrons. The predicted octanol–water partition coefficient (Wildman–Crippen LogP) is 1.15. The Bertz CT molecular complexity index is 801. The van der Waals surface area contributed by atoms with Crippen molar-refractivity contribution in [3.63, 3.8) is 0 Å². The molecule has 3 fully saturated rings. The molecule has 8 heteroatoms. The zero-order valence-corrected chi connectivity index (χ0v) is 14.7. The van der Waals surface area contributed by atoms with Crippen molar-refractivity contribution in [1.82, 2.24) is 0 Å². The van der Waals surface area contributed by atoms with E-state index in [-0.39, 0.29) is 23.9 Å². The minimum Gasteiger partial charge on any atom is -0.465 e. The van der Waals surface area contributed by atoms with Crippen LogP contribution in [0.3, 0.4) is 0 Å². The second kappa shape index (κ2) is 6.68. The van der Waals surface area contributed by atoms with Crippen LogP contribution in [0.25, 0.3) is 0 Å². The van der Waals surface area contributed by atoms with E-state index in [0.717, 1.165) is 6.42 Å². The van der Waals surface area contributed by atoms with E-state index in [1.165, 1.54) is 19.2 Å². The lowest BCUT2D eigenvalue weighted by molar-refractivity contribution is -0.157. The first kappa shape index (κ1) is 17.5. The van der Waals surface area contributed by atoms with Gasteiger partial charge in [-0.3, -0.25) is 14.4 Å². The van der Waals surface area contributed by atoms with Crippen LogP contribution in [0.2, 0.25) is 0 Å². The van der Waals surface area contributed by atoms with E-state index in [1.54, 1.807) is 12.1 Å². The Labute approximate surface area is 155 Å². The summed E-state index contributed by atoms with van der Waals surface area (Å²) in [7, 11) is 1.29. The molecular weight excluding hydrogens is 354 g/mol. The second-order valence-electron chi connectivity index (χ2n) is 7.15. The van der Waals surface area contributed by atoms with Crippen LogP contribution in [0.4, 0.5) is 5.69 Å². The van der Waals surface area contributed by atoms with Crippen molar-refractivity contribution >= 4 is 29.5 Å². The number of benzene rings is 1. The Morgan fingerprint density at radius 3 is 2.63 bits per heavy atom. The average molecular weight is 373 g/mol. The Hall–Kier alpha value is -2.90. The lowest BCUT2D eigenvalue weighted by Gasteiger charge is -2.22. The first-order chi connectivity index (χ1) is 13.0. The molecular formula is C19H19NO7. The standard InChI is InChI=1S/C19H19NO7/c1-25-17(22)9-2-4-11(5-3-9)20-14(21)8-26-18(23)15-10-6-12-13(7-10)27-19(24)16(12)15/h2-5,10,12-13,15-16H,6-8H2,1H3,(H,20,21)/t10-,12+,13-,15+,16+/m1/s1. The number of methoxy groups -OCH3 is 1. The molecule has 1 amide bonds. The minimum atomic E-state index is -0.513. The van der Waals surface area contributed by atoms with Gasteiger partial charge in [-0.1, -0.05) is 0 Å². The molecule has 2 saturated carbocycles. The maximum absolute atomic E-state index is 12.4. The number of ether oxygens (including phenoxy) is 3. The highest BCUT2D eigenvalue weighted by molar-refractivity contribution is 5.95. The molecule has 1 saturated heterocycles. The van der Waals surface area contributed by atoms with Crippen molar-refractivity contribution in [2.45, 2.75) is 18.9 Å². The highest BCUT2D eigenvalue weighted by Gasteiger charge is 2.64. The highest BCUT2D eigenvalue weighted by atomic mass is 16.6. The van der Waals surface area contributed by atoms with Gasteiger partial charge in [-0.05, 0) is 43.0 Å². The molecule has 1 aromatic rings. The molecule has 2 aliphatic carbocycles. The van der Waals surface area contributed by atoms with Gasteiger partial charge in [0.1, 0.15) is 6.10 Å². The van der Waals surface area contributed by atoms with Crippen molar-refractivity contribution in [2.24, 2.45) is 23.7 Å². The van der Waals surface area contributed by atoms with Crippen molar-refractivity contribution < 1.29 is 33.4 Å². The van der Waals surface area contributed by atoms with Gasteiger partial charge in [-0.2, -0.15) is 0 Å². The fourth-order valence-electron chi connectivity index (χ4n) is 4.56. The number of hydrogen-bond donors (Lipinski definition) is 1. The summed E-state index contributed by atoms with van der Waals surface area (Å²) < 4.78 is 15.1. The number of rotatable bonds is 5. The second-order valence-corrected chi connectivity index (χ2v) is 7.15. The first-order valence-corrected chi connectivity index (χ1v) is 8.83. The van der Waals surface area contributed by atoms with E-state index in [1.807, 2.05) is 0 Å². The summed E-state index contributed by atoms with van der Waals surface area (Å²) in [6, 6.07) is 6.14. The monoisotopic (exact) mass is 373 g/mol. The van der Waals surface area contributed by atoms with E-state index in [9.17, 15) is 19.2 Å². The molecule has 0 aromatic heterocycles. The van der Waals surface area contributed by atoms with Crippen molar-refractivity contribution in [3.8, 4) is 0 Å². The van der Waals surface area contributed by atoms with E-state index in [0.29, 0.717) is 17.7 Å². The minimum absolute atomic E-state index is 0.0483. The number of carbonyl (C=O) groups excluding carboxylic acids is 4. The van der Waals surface area contributed by atoms with Crippen LogP contribution in [-0.4, -0.2) is 43.6 Å². The lowest BCUT2D eigenvalue weighted by Crippen LogP contribution is -2.34. The summed E-state index contributed by atoms with van der Waals surface area (Å²) >= 11 is 0. The molecule has 1 aromatic carbocycles. The normalized spacial score (nSPS) is 30.0. The van der Waals surface area contributed by atoms with Crippen LogP contribution in [0.1, 0.15) is 23.2 Å². The van der Waals surface area contributed by atoms with E-state index in [2.05, 4.69) is 10.1 Å². The summed E-state index contributed by atoms with van der Waals surface area (Å²) in [5.74, 6) is -2.52. The van der Waals surface area contributed by atoms with Crippen LogP contribution >= 0.6 is 0 Å². The van der Waals surface area contributed by atoms with Crippen LogP contribution in [0.5, 0.6) is 0 Å². The Balaban J connectivity index is 1.30. The topological polar surface area (TPSA) is 108 Å². The van der Waals surface area contributed by atoms with Crippen molar-refractivity contribution in [1.29, 1.82) is 0 Å². The summed E-state index contributed by atoms with van der Waals surface area (Å²) in [6.07, 6.45) is 1.46. The van der Waals surface area contributed by atoms with Gasteiger partial charge in [0.25, 0.3) is 5.91 Å². The van der Waals surface area contributed by atoms with Gasteiger partial charge in [-0.25, -0.2) is 4.79 Å². The largest absolute Gasteiger partial charge is 0.465 e. The van der Waals surface area contributed by atoms with E-state index in [4.69, 9.17) is 9.47 Å². The Morgan fingerprint density at radius 1 is 1.19 bits per heavy atom. The van der Waals surface area contributed by atoms with Gasteiger partial charge in [0.2, 0.25) is 0 Å². The zero-order valence-electron chi connectivity index (χ0n) is 14.7. The number of anilines is 1. The van der Waals surface area contributed by atoms with Crippen molar-refractivity contribution in [3.05, 3.63) is 29.8 Å². The van der Waals surface area contributed by atoms with Gasteiger partial charge in [0, 0.05) is 11.6 Å². The van der Waals surface area contributed by atoms with E-state index >= 15 is 0 Å². The highest BCUT2D eigenvalue weighted by Crippen LogP contribution is 2.57. The number of amides is 1. The summed E-state index contributed by atoms with van der Waals surface area (Å²) in [6.45, 7) is -0.434. The third-order valence-electron chi connectivity index (χ3n) is 5.69. The van der Waals surface area contributed by atoms with Crippen LogP contribution in [0.15, 0.2) is 24.3 Å². The molecule has 1 heterocycles.